The van der Waals surface area contributed by atoms with Gasteiger partial charge in [0.25, 0.3) is 0 Å². The van der Waals surface area contributed by atoms with E-state index in [2.05, 4.69) is 16.7 Å². The first-order valence-electron chi connectivity index (χ1n) is 12.5. The summed E-state index contributed by atoms with van der Waals surface area (Å²) in [6.07, 6.45) is 3.67. The van der Waals surface area contributed by atoms with Crippen molar-refractivity contribution in [1.82, 2.24) is 14.9 Å². The lowest BCUT2D eigenvalue weighted by Crippen LogP contribution is -2.46. The summed E-state index contributed by atoms with van der Waals surface area (Å²) in [6.45, 7) is 8.16. The number of benzene rings is 1. The molecule has 3 aliphatic rings. The number of ether oxygens (including phenoxy) is 3. The Hall–Kier alpha value is -3.56. The fraction of sp³-hybridized carbons (Fsp3) is 0.407. The van der Waals surface area contributed by atoms with E-state index in [4.69, 9.17) is 24.2 Å². The molecule has 3 aromatic rings. The minimum atomic E-state index is -1.06. The van der Waals surface area contributed by atoms with Gasteiger partial charge in [0.2, 0.25) is 0 Å². The fourth-order valence-electron chi connectivity index (χ4n) is 5.24. The molecule has 0 spiro atoms. The van der Waals surface area contributed by atoms with Gasteiger partial charge in [0.05, 0.1) is 5.39 Å². The number of hydrogen-bond donors (Lipinski definition) is 0. The van der Waals surface area contributed by atoms with E-state index in [1.807, 2.05) is 24.3 Å². The van der Waals surface area contributed by atoms with Crippen LogP contribution in [-0.2, 0) is 14.3 Å². The number of carbonyl (C=O) groups is 2. The molecule has 2 fully saturated rings. The number of likely N-dealkylation sites (N-methyl/N-ethyl adjacent to an activating group) is 1. The summed E-state index contributed by atoms with van der Waals surface area (Å²) in [4.78, 5) is 39.2. The fourth-order valence-corrected chi connectivity index (χ4v) is 5.24. The van der Waals surface area contributed by atoms with Crippen molar-refractivity contribution in [2.75, 3.05) is 50.8 Å². The number of hydrogen-bond acceptors (Lipinski definition) is 9. The molecule has 6 rings (SSSR count). The third kappa shape index (κ3) is 4.08. The average molecular weight is 489 g/mol. The molecule has 9 heteroatoms. The first-order valence-corrected chi connectivity index (χ1v) is 12.5. The highest BCUT2D eigenvalue weighted by molar-refractivity contribution is 6.32. The number of esters is 2. The van der Waals surface area contributed by atoms with Crippen LogP contribution in [0.15, 0.2) is 36.5 Å². The minimum absolute atomic E-state index is 0.230. The zero-order valence-corrected chi connectivity index (χ0v) is 20.2. The lowest BCUT2D eigenvalue weighted by molar-refractivity contribution is -0.155. The Morgan fingerprint density at radius 1 is 0.972 bits per heavy atom. The number of piperazine rings is 1. The SMILES string of the molecule is CCN1CCN(c2nc(-c3ccc(C4CCOCC4)nc3)c3c4c(cccc24)OC(=O)C(=O)O3)CC1. The quantitative estimate of drug-likeness (QED) is 0.312. The van der Waals surface area contributed by atoms with Crippen LogP contribution in [0.3, 0.4) is 0 Å². The van der Waals surface area contributed by atoms with E-state index in [1.165, 1.54) is 0 Å². The van der Waals surface area contributed by atoms with E-state index in [9.17, 15) is 9.59 Å². The summed E-state index contributed by atoms with van der Waals surface area (Å²) < 4.78 is 16.5. The maximum absolute atomic E-state index is 12.5. The van der Waals surface area contributed by atoms with Crippen LogP contribution in [0, 0.1) is 0 Å². The van der Waals surface area contributed by atoms with E-state index in [0.29, 0.717) is 28.3 Å². The van der Waals surface area contributed by atoms with Gasteiger partial charge in [-0.25, -0.2) is 14.6 Å². The van der Waals surface area contributed by atoms with Crippen LogP contribution in [-0.4, -0.2) is 72.7 Å². The third-order valence-electron chi connectivity index (χ3n) is 7.31. The van der Waals surface area contributed by atoms with Crippen molar-refractivity contribution in [3.8, 4) is 22.8 Å². The lowest BCUT2D eigenvalue weighted by Gasteiger charge is -2.35. The van der Waals surface area contributed by atoms with Crippen molar-refractivity contribution in [3.05, 3.63) is 42.2 Å². The highest BCUT2D eigenvalue weighted by Crippen LogP contribution is 2.45. The second-order valence-electron chi connectivity index (χ2n) is 9.35. The molecule has 2 aromatic heterocycles. The Labute approximate surface area is 209 Å². The van der Waals surface area contributed by atoms with Gasteiger partial charge < -0.3 is 24.0 Å². The molecule has 0 N–H and O–H groups in total. The van der Waals surface area contributed by atoms with Crippen molar-refractivity contribution >= 4 is 28.5 Å². The van der Waals surface area contributed by atoms with Gasteiger partial charge in [-0.3, -0.25) is 4.98 Å². The zero-order chi connectivity index (χ0) is 24.6. The van der Waals surface area contributed by atoms with Crippen LogP contribution in [0.25, 0.3) is 22.0 Å². The van der Waals surface area contributed by atoms with Crippen LogP contribution in [0.5, 0.6) is 11.5 Å². The molecular weight excluding hydrogens is 460 g/mol. The standard InChI is InChI=1S/C27H28N4O5/c1-2-30-10-12-31(13-11-30)25-19-4-3-5-21-22(19)24(36-27(33)26(32)35-21)23(29-25)18-6-7-20(28-16-18)17-8-14-34-15-9-17/h3-7,16-17H,2,8-15H2,1H3. The predicted molar refractivity (Wildman–Crippen MR) is 133 cm³/mol. The normalized spacial score (nSPS) is 19.2. The first-order chi connectivity index (χ1) is 17.6. The third-order valence-corrected chi connectivity index (χ3v) is 7.31. The Balaban J connectivity index is 1.49. The van der Waals surface area contributed by atoms with Gasteiger partial charge >= 0.3 is 11.9 Å². The highest BCUT2D eigenvalue weighted by atomic mass is 16.6. The number of carbonyl (C=O) groups excluding carboxylic acids is 2. The van der Waals surface area contributed by atoms with Crippen LogP contribution in [0.4, 0.5) is 5.82 Å². The van der Waals surface area contributed by atoms with Gasteiger partial charge in [0.15, 0.2) is 5.75 Å². The van der Waals surface area contributed by atoms with Crippen molar-refractivity contribution in [2.45, 2.75) is 25.7 Å². The van der Waals surface area contributed by atoms with Crippen molar-refractivity contribution in [1.29, 1.82) is 0 Å². The second kappa shape index (κ2) is 9.48. The Morgan fingerprint density at radius 2 is 1.75 bits per heavy atom. The van der Waals surface area contributed by atoms with Crippen LogP contribution >= 0.6 is 0 Å². The molecule has 5 heterocycles. The monoisotopic (exact) mass is 488 g/mol. The van der Waals surface area contributed by atoms with Gasteiger partial charge in [-0.05, 0) is 37.6 Å². The molecule has 36 heavy (non-hydrogen) atoms. The first kappa shape index (κ1) is 22.9. The summed E-state index contributed by atoms with van der Waals surface area (Å²) in [5.41, 5.74) is 2.20. The molecule has 0 amide bonds. The zero-order valence-electron chi connectivity index (χ0n) is 20.2. The van der Waals surface area contributed by atoms with E-state index in [1.54, 1.807) is 12.3 Å². The summed E-state index contributed by atoms with van der Waals surface area (Å²) in [5, 5.41) is 1.36. The van der Waals surface area contributed by atoms with E-state index >= 15 is 0 Å². The molecule has 0 radical (unpaired) electrons. The van der Waals surface area contributed by atoms with Crippen molar-refractivity contribution in [3.63, 3.8) is 0 Å². The van der Waals surface area contributed by atoms with Crippen molar-refractivity contribution < 1.29 is 23.8 Å². The summed E-state index contributed by atoms with van der Waals surface area (Å²) in [6, 6.07) is 9.39. The molecule has 0 bridgehead atoms. The van der Waals surface area contributed by atoms with Crippen LogP contribution in [0.1, 0.15) is 31.4 Å². The molecule has 0 unspecified atom stereocenters. The maximum atomic E-state index is 12.5. The van der Waals surface area contributed by atoms with Crippen LogP contribution in [0.2, 0.25) is 0 Å². The van der Waals surface area contributed by atoms with Gasteiger partial charge in [0, 0.05) is 68.2 Å². The summed E-state index contributed by atoms with van der Waals surface area (Å²) >= 11 is 0. The van der Waals surface area contributed by atoms with Gasteiger partial charge in [-0.15, -0.1) is 0 Å². The maximum Gasteiger partial charge on any atom is 0.423 e. The Morgan fingerprint density at radius 3 is 2.47 bits per heavy atom. The Bertz CT molecular complexity index is 1310. The lowest BCUT2D eigenvalue weighted by atomic mass is 9.95. The Kier molecular flexibility index (Phi) is 6.02. The van der Waals surface area contributed by atoms with Gasteiger partial charge in [0.1, 0.15) is 17.3 Å². The van der Waals surface area contributed by atoms with Gasteiger partial charge in [-0.1, -0.05) is 19.1 Å². The number of nitrogens with zero attached hydrogens (tertiary/aromatic N) is 4. The number of pyridine rings is 2. The topological polar surface area (TPSA) is 94.1 Å². The largest absolute Gasteiger partial charge is 0.423 e. The minimum Gasteiger partial charge on any atom is -0.417 e. The summed E-state index contributed by atoms with van der Waals surface area (Å²) in [5.74, 6) is -0.443. The molecule has 2 saturated heterocycles. The molecule has 9 nitrogen and oxygen atoms in total. The molecule has 0 aliphatic carbocycles. The van der Waals surface area contributed by atoms with Gasteiger partial charge in [-0.2, -0.15) is 0 Å². The average Bonchev–Trinajstić information content (AvgIpc) is 3.06. The van der Waals surface area contributed by atoms with E-state index in [-0.39, 0.29) is 5.75 Å². The van der Waals surface area contributed by atoms with Crippen molar-refractivity contribution in [2.24, 2.45) is 0 Å². The summed E-state index contributed by atoms with van der Waals surface area (Å²) in [7, 11) is 0. The van der Waals surface area contributed by atoms with E-state index < -0.39 is 11.9 Å². The molecule has 1 aromatic carbocycles. The number of aromatic nitrogens is 2. The van der Waals surface area contributed by atoms with E-state index in [0.717, 1.165) is 75.7 Å². The highest BCUT2D eigenvalue weighted by Gasteiger charge is 2.32. The smallest absolute Gasteiger partial charge is 0.417 e. The second-order valence-corrected chi connectivity index (χ2v) is 9.35. The molecular formula is C27H28N4O5. The predicted octanol–water partition coefficient (Wildman–Crippen LogP) is 3.16. The molecule has 0 saturated carbocycles. The molecule has 3 aliphatic heterocycles. The number of rotatable bonds is 4. The number of anilines is 1. The molecule has 0 atom stereocenters. The molecule has 186 valence electrons. The van der Waals surface area contributed by atoms with Crippen LogP contribution < -0.4 is 14.4 Å².